The van der Waals surface area contributed by atoms with E-state index in [1.54, 1.807) is 56.9 Å². The number of nitrogens with one attached hydrogen (secondary N) is 1. The third-order valence-corrected chi connectivity index (χ3v) is 5.57. The van der Waals surface area contributed by atoms with Crippen LogP contribution in [0.3, 0.4) is 0 Å². The van der Waals surface area contributed by atoms with Crippen LogP contribution in [0.4, 0.5) is 5.69 Å². The normalized spacial score (nSPS) is 13.7. The molecule has 2 amide bonds. The Kier molecular flexibility index (Phi) is 5.49. The van der Waals surface area contributed by atoms with Gasteiger partial charge in [0.05, 0.1) is 26.3 Å². The standard InChI is InChI=1S/C22H19N3O4S/c1-28-16-6-5-15(12-17(16)29-2)24-20-19(18-4-3-11-30-18)21(26)25(22(20)27)13-14-7-9-23-10-8-14/h3-12,24H,13H2,1-2H3. The molecule has 0 unspecified atom stereocenters. The number of aromatic nitrogens is 1. The second-order valence-electron chi connectivity index (χ2n) is 6.47. The highest BCUT2D eigenvalue weighted by Crippen LogP contribution is 2.35. The summed E-state index contributed by atoms with van der Waals surface area (Å²) in [6.45, 7) is 0.173. The average Bonchev–Trinajstić information content (AvgIpc) is 3.37. The number of imide groups is 1. The van der Waals surface area contributed by atoms with Crippen molar-refractivity contribution in [1.29, 1.82) is 0 Å². The lowest BCUT2D eigenvalue weighted by molar-refractivity contribution is -0.137. The minimum Gasteiger partial charge on any atom is -0.493 e. The summed E-state index contributed by atoms with van der Waals surface area (Å²) in [6.07, 6.45) is 3.27. The van der Waals surface area contributed by atoms with Gasteiger partial charge in [-0.1, -0.05) is 6.07 Å². The van der Waals surface area contributed by atoms with Crippen LogP contribution >= 0.6 is 11.3 Å². The number of hydrogen-bond acceptors (Lipinski definition) is 7. The summed E-state index contributed by atoms with van der Waals surface area (Å²) >= 11 is 1.41. The molecule has 0 bridgehead atoms. The van der Waals surface area contributed by atoms with Crippen molar-refractivity contribution in [3.8, 4) is 11.5 Å². The molecule has 8 heteroatoms. The molecule has 4 rings (SSSR count). The van der Waals surface area contributed by atoms with Gasteiger partial charge in [-0.05, 0) is 41.3 Å². The molecule has 1 N–H and O–H groups in total. The second kappa shape index (κ2) is 8.38. The van der Waals surface area contributed by atoms with E-state index in [-0.39, 0.29) is 24.1 Å². The summed E-state index contributed by atoms with van der Waals surface area (Å²) in [7, 11) is 3.09. The first-order valence-electron chi connectivity index (χ1n) is 9.14. The fourth-order valence-electron chi connectivity index (χ4n) is 3.21. The maximum absolute atomic E-state index is 13.2. The Hall–Kier alpha value is -3.65. The van der Waals surface area contributed by atoms with Crippen molar-refractivity contribution < 1.29 is 19.1 Å². The van der Waals surface area contributed by atoms with E-state index < -0.39 is 0 Å². The predicted octanol–water partition coefficient (Wildman–Crippen LogP) is 3.55. The topological polar surface area (TPSA) is 80.8 Å². The molecule has 0 radical (unpaired) electrons. The molecule has 152 valence electrons. The Bertz CT molecular complexity index is 1110. The minimum absolute atomic E-state index is 0.173. The van der Waals surface area contributed by atoms with Crippen molar-refractivity contribution in [2.75, 3.05) is 19.5 Å². The van der Waals surface area contributed by atoms with Crippen LogP contribution in [0.15, 0.2) is 65.9 Å². The number of carbonyl (C=O) groups is 2. The lowest BCUT2D eigenvalue weighted by atomic mass is 10.1. The van der Waals surface area contributed by atoms with E-state index in [0.717, 1.165) is 10.4 Å². The van der Waals surface area contributed by atoms with E-state index in [4.69, 9.17) is 9.47 Å². The first-order valence-corrected chi connectivity index (χ1v) is 10.0. The summed E-state index contributed by atoms with van der Waals surface area (Å²) in [5.41, 5.74) is 2.04. The third kappa shape index (κ3) is 3.65. The molecular formula is C22H19N3O4S. The number of hydrogen-bond donors (Lipinski definition) is 1. The minimum atomic E-state index is -0.380. The SMILES string of the molecule is COc1ccc(NC2=C(c3cccs3)C(=O)N(Cc3ccncc3)C2=O)cc1OC. The van der Waals surface area contributed by atoms with Gasteiger partial charge in [0.2, 0.25) is 0 Å². The predicted molar refractivity (Wildman–Crippen MR) is 114 cm³/mol. The molecule has 1 aliphatic rings. The maximum Gasteiger partial charge on any atom is 0.278 e. The summed E-state index contributed by atoms with van der Waals surface area (Å²) in [6, 6.07) is 12.5. The number of thiophene rings is 1. The third-order valence-electron chi connectivity index (χ3n) is 4.68. The molecule has 1 aliphatic heterocycles. The van der Waals surface area contributed by atoms with Crippen molar-refractivity contribution in [2.24, 2.45) is 0 Å². The molecule has 0 atom stereocenters. The van der Waals surface area contributed by atoms with Crippen LogP contribution in [0.5, 0.6) is 11.5 Å². The average molecular weight is 421 g/mol. The monoisotopic (exact) mass is 421 g/mol. The van der Waals surface area contributed by atoms with Gasteiger partial charge in [0, 0.05) is 29.0 Å². The van der Waals surface area contributed by atoms with Gasteiger partial charge in [0.25, 0.3) is 11.8 Å². The number of methoxy groups -OCH3 is 2. The van der Waals surface area contributed by atoms with Crippen LogP contribution in [0.25, 0.3) is 5.57 Å². The van der Waals surface area contributed by atoms with E-state index in [2.05, 4.69) is 10.3 Å². The Labute approximate surface area is 177 Å². The zero-order valence-electron chi connectivity index (χ0n) is 16.4. The van der Waals surface area contributed by atoms with E-state index in [1.165, 1.54) is 16.2 Å². The van der Waals surface area contributed by atoms with Gasteiger partial charge >= 0.3 is 0 Å². The number of nitrogens with zero attached hydrogens (tertiary/aromatic N) is 2. The zero-order valence-corrected chi connectivity index (χ0v) is 17.2. The number of carbonyl (C=O) groups excluding carboxylic acids is 2. The van der Waals surface area contributed by atoms with Gasteiger partial charge in [0.1, 0.15) is 5.70 Å². The largest absolute Gasteiger partial charge is 0.493 e. The van der Waals surface area contributed by atoms with Crippen LogP contribution in [-0.4, -0.2) is 35.9 Å². The Balaban J connectivity index is 1.71. The van der Waals surface area contributed by atoms with Crippen LogP contribution in [0.1, 0.15) is 10.4 Å². The van der Waals surface area contributed by atoms with Crippen LogP contribution in [0, 0.1) is 0 Å². The Morgan fingerprint density at radius 3 is 2.43 bits per heavy atom. The van der Waals surface area contributed by atoms with Gasteiger partial charge in [-0.25, -0.2) is 0 Å². The van der Waals surface area contributed by atoms with Crippen molar-refractivity contribution in [2.45, 2.75) is 6.54 Å². The fourth-order valence-corrected chi connectivity index (χ4v) is 3.98. The quantitative estimate of drug-likeness (QED) is 0.588. The number of amides is 2. The number of rotatable bonds is 7. The molecule has 1 aromatic carbocycles. The highest BCUT2D eigenvalue weighted by atomic mass is 32.1. The van der Waals surface area contributed by atoms with Crippen molar-refractivity contribution in [3.63, 3.8) is 0 Å². The van der Waals surface area contributed by atoms with Gasteiger partial charge in [-0.15, -0.1) is 11.3 Å². The van der Waals surface area contributed by atoms with Crippen molar-refractivity contribution >= 4 is 34.4 Å². The van der Waals surface area contributed by atoms with Gasteiger partial charge in [0.15, 0.2) is 11.5 Å². The Morgan fingerprint density at radius 2 is 1.77 bits per heavy atom. The molecule has 0 saturated heterocycles. The lowest BCUT2D eigenvalue weighted by Crippen LogP contribution is -2.31. The highest BCUT2D eigenvalue weighted by Gasteiger charge is 2.39. The first kappa shape index (κ1) is 19.7. The number of pyridine rings is 1. The molecular weight excluding hydrogens is 402 g/mol. The maximum atomic E-state index is 13.2. The van der Waals surface area contributed by atoms with E-state index in [9.17, 15) is 9.59 Å². The fraction of sp³-hybridized carbons (Fsp3) is 0.136. The number of ether oxygens (including phenoxy) is 2. The molecule has 0 fully saturated rings. The van der Waals surface area contributed by atoms with E-state index >= 15 is 0 Å². The summed E-state index contributed by atoms with van der Waals surface area (Å²) in [4.78, 5) is 32.4. The van der Waals surface area contributed by atoms with Gasteiger partial charge < -0.3 is 14.8 Å². The molecule has 0 aliphatic carbocycles. The van der Waals surface area contributed by atoms with Crippen molar-refractivity contribution in [3.05, 3.63) is 76.4 Å². The summed E-state index contributed by atoms with van der Waals surface area (Å²) in [5, 5.41) is 5.00. The second-order valence-corrected chi connectivity index (χ2v) is 7.42. The molecule has 7 nitrogen and oxygen atoms in total. The first-order chi connectivity index (χ1) is 14.6. The van der Waals surface area contributed by atoms with Crippen LogP contribution in [-0.2, 0) is 16.1 Å². The van der Waals surface area contributed by atoms with Crippen LogP contribution in [0.2, 0.25) is 0 Å². The van der Waals surface area contributed by atoms with E-state index in [0.29, 0.717) is 22.8 Å². The lowest BCUT2D eigenvalue weighted by Gasteiger charge is -2.15. The van der Waals surface area contributed by atoms with Crippen LogP contribution < -0.4 is 14.8 Å². The molecule has 0 saturated carbocycles. The Morgan fingerprint density at radius 1 is 1.00 bits per heavy atom. The molecule has 0 spiro atoms. The van der Waals surface area contributed by atoms with Crippen molar-refractivity contribution in [1.82, 2.24) is 9.88 Å². The molecule has 30 heavy (non-hydrogen) atoms. The summed E-state index contributed by atoms with van der Waals surface area (Å²) in [5.74, 6) is 0.382. The highest BCUT2D eigenvalue weighted by molar-refractivity contribution is 7.11. The number of benzene rings is 1. The van der Waals surface area contributed by atoms with Gasteiger partial charge in [-0.3, -0.25) is 19.5 Å². The molecule has 3 aromatic rings. The summed E-state index contributed by atoms with van der Waals surface area (Å²) < 4.78 is 10.6. The van der Waals surface area contributed by atoms with Gasteiger partial charge in [-0.2, -0.15) is 0 Å². The molecule has 2 aromatic heterocycles. The van der Waals surface area contributed by atoms with E-state index in [1.807, 2.05) is 17.5 Å². The zero-order chi connectivity index (χ0) is 21.1. The number of anilines is 1. The molecule has 3 heterocycles. The smallest absolute Gasteiger partial charge is 0.278 e.